The topological polar surface area (TPSA) is 42.4 Å². The zero-order valence-corrected chi connectivity index (χ0v) is 22.4. The van der Waals surface area contributed by atoms with Gasteiger partial charge in [-0.3, -0.25) is 9.78 Å². The summed E-state index contributed by atoms with van der Waals surface area (Å²) in [5.41, 5.74) is 3.43. The maximum absolute atomic E-state index is 13.7. The van der Waals surface area contributed by atoms with E-state index >= 15 is 0 Å². The molecule has 0 saturated heterocycles. The van der Waals surface area contributed by atoms with E-state index in [0.29, 0.717) is 10.6 Å². The van der Waals surface area contributed by atoms with Crippen LogP contribution in [0.2, 0.25) is 44.3 Å². The van der Waals surface area contributed by atoms with Gasteiger partial charge in [0.05, 0.1) is 6.10 Å². The largest absolute Gasteiger partial charge is 0.407 e. The van der Waals surface area contributed by atoms with Crippen molar-refractivity contribution in [1.82, 2.24) is 4.98 Å². The Morgan fingerprint density at radius 1 is 0.938 bits per heavy atom. The minimum atomic E-state index is -2.15. The van der Waals surface area contributed by atoms with Crippen molar-refractivity contribution in [3.05, 3.63) is 94.8 Å². The Labute approximate surface area is 198 Å². The minimum absolute atomic E-state index is 0.0324. The number of amides is 1. The molecule has 4 nitrogen and oxygen atoms in total. The van der Waals surface area contributed by atoms with Crippen molar-refractivity contribution in [3.8, 4) is 0 Å². The second kappa shape index (κ2) is 9.71. The predicted octanol–water partition coefficient (Wildman–Crippen LogP) is 7.16. The quantitative estimate of drug-likeness (QED) is 0.335. The number of benzene rings is 2. The van der Waals surface area contributed by atoms with Gasteiger partial charge in [0, 0.05) is 34.2 Å². The Bertz CT molecular complexity index is 1060. The number of pyridine rings is 1. The molecule has 0 saturated carbocycles. The molecule has 1 unspecified atom stereocenters. The average molecular weight is 483 g/mol. The highest BCUT2D eigenvalue weighted by atomic mass is 35.5. The standard InChI is InChI=1S/C25H31ClN2O2Si2/c1-31(2,3)28(25(29)20-14-16-27-17-15-20)23-13-12-21(26)18-22(23)24(30-32(4,5)6)19-10-8-7-9-11-19/h7-18,24H,1-6H3. The van der Waals surface area contributed by atoms with Gasteiger partial charge < -0.3 is 8.99 Å². The summed E-state index contributed by atoms with van der Waals surface area (Å²) in [7, 11) is -4.09. The highest BCUT2D eigenvalue weighted by Gasteiger charge is 2.35. The molecule has 32 heavy (non-hydrogen) atoms. The highest BCUT2D eigenvalue weighted by molar-refractivity contribution is 6.83. The van der Waals surface area contributed by atoms with Crippen molar-refractivity contribution in [1.29, 1.82) is 0 Å². The predicted molar refractivity (Wildman–Crippen MR) is 139 cm³/mol. The smallest absolute Gasteiger partial charge is 0.250 e. The van der Waals surface area contributed by atoms with Crippen LogP contribution in [-0.4, -0.2) is 27.4 Å². The van der Waals surface area contributed by atoms with Crippen LogP contribution >= 0.6 is 11.6 Å². The Kier molecular flexibility index (Phi) is 7.40. The molecule has 2 aromatic carbocycles. The monoisotopic (exact) mass is 482 g/mol. The SMILES string of the molecule is C[Si](C)(C)OC(c1ccccc1)c1cc(Cl)ccc1N(C(=O)c1ccncc1)[Si](C)(C)C. The molecule has 168 valence electrons. The van der Waals surface area contributed by atoms with Crippen LogP contribution < -0.4 is 4.57 Å². The van der Waals surface area contributed by atoms with Gasteiger partial charge in [0.1, 0.15) is 0 Å². The summed E-state index contributed by atoms with van der Waals surface area (Å²) in [6.07, 6.45) is 2.99. The van der Waals surface area contributed by atoms with E-state index in [1.165, 1.54) is 0 Å². The number of anilines is 1. The Balaban J connectivity index is 2.23. The van der Waals surface area contributed by atoms with Crippen LogP contribution in [0.5, 0.6) is 0 Å². The molecule has 0 aliphatic rings. The minimum Gasteiger partial charge on any atom is -0.407 e. The lowest BCUT2D eigenvalue weighted by molar-refractivity contribution is 0.100. The van der Waals surface area contributed by atoms with Crippen LogP contribution in [0.15, 0.2) is 73.1 Å². The molecule has 0 aliphatic heterocycles. The second-order valence-electron chi connectivity index (χ2n) is 9.77. The van der Waals surface area contributed by atoms with Crippen molar-refractivity contribution < 1.29 is 9.22 Å². The van der Waals surface area contributed by atoms with Crippen molar-refractivity contribution >= 4 is 39.7 Å². The Morgan fingerprint density at radius 3 is 2.12 bits per heavy atom. The number of rotatable bonds is 7. The number of hydrogen-bond donors (Lipinski definition) is 0. The normalized spacial score (nSPS) is 13.0. The fraction of sp³-hybridized carbons (Fsp3) is 0.280. The molecule has 7 heteroatoms. The van der Waals surface area contributed by atoms with E-state index in [4.69, 9.17) is 16.0 Å². The molecular formula is C25H31ClN2O2Si2. The highest BCUT2D eigenvalue weighted by Crippen LogP contribution is 2.39. The summed E-state index contributed by atoms with van der Waals surface area (Å²) in [5.74, 6) is -0.0324. The van der Waals surface area contributed by atoms with Gasteiger partial charge in [-0.15, -0.1) is 0 Å². The number of carbonyl (C=O) groups excluding carboxylic acids is 1. The number of aromatic nitrogens is 1. The number of halogens is 1. The lowest BCUT2D eigenvalue weighted by Gasteiger charge is -2.38. The molecular weight excluding hydrogens is 452 g/mol. The van der Waals surface area contributed by atoms with E-state index in [9.17, 15) is 4.79 Å². The van der Waals surface area contributed by atoms with E-state index < -0.39 is 16.6 Å². The van der Waals surface area contributed by atoms with Crippen LogP contribution in [-0.2, 0) is 4.43 Å². The first-order valence-corrected chi connectivity index (χ1v) is 18.0. The van der Waals surface area contributed by atoms with Crippen LogP contribution in [0.3, 0.4) is 0 Å². The first kappa shape index (κ1) is 24.4. The molecule has 3 rings (SSSR count). The third kappa shape index (κ3) is 5.95. The molecule has 0 radical (unpaired) electrons. The zero-order chi connectivity index (χ0) is 23.5. The maximum atomic E-state index is 13.7. The molecule has 1 aromatic heterocycles. The van der Waals surface area contributed by atoms with E-state index in [1.807, 2.05) is 41.0 Å². The van der Waals surface area contributed by atoms with Gasteiger partial charge in [0.2, 0.25) is 5.91 Å². The van der Waals surface area contributed by atoms with Crippen LogP contribution in [0.4, 0.5) is 5.69 Å². The van der Waals surface area contributed by atoms with Gasteiger partial charge in [-0.25, -0.2) is 0 Å². The summed E-state index contributed by atoms with van der Waals surface area (Å²) in [6.45, 7) is 13.0. The van der Waals surface area contributed by atoms with Gasteiger partial charge in [0.25, 0.3) is 0 Å². The molecule has 0 fully saturated rings. The van der Waals surface area contributed by atoms with Crippen LogP contribution in [0, 0.1) is 0 Å². The summed E-state index contributed by atoms with van der Waals surface area (Å²) < 4.78 is 8.67. The maximum Gasteiger partial charge on any atom is 0.250 e. The van der Waals surface area contributed by atoms with Gasteiger partial charge in [-0.2, -0.15) is 0 Å². The summed E-state index contributed by atoms with van der Waals surface area (Å²) >= 11 is 6.49. The first-order valence-electron chi connectivity index (χ1n) is 10.7. The van der Waals surface area contributed by atoms with Crippen LogP contribution in [0.1, 0.15) is 27.6 Å². The molecule has 1 amide bonds. The van der Waals surface area contributed by atoms with E-state index in [1.54, 1.807) is 24.5 Å². The fourth-order valence-electron chi connectivity index (χ4n) is 3.63. The third-order valence-corrected chi connectivity index (χ3v) is 7.85. The van der Waals surface area contributed by atoms with Crippen molar-refractivity contribution in [2.24, 2.45) is 0 Å². The number of nitrogens with zero attached hydrogens (tertiary/aromatic N) is 2. The lowest BCUT2D eigenvalue weighted by Crippen LogP contribution is -2.50. The summed E-state index contributed by atoms with van der Waals surface area (Å²) in [5, 5.41) is 0.621. The summed E-state index contributed by atoms with van der Waals surface area (Å²) in [4.78, 5) is 17.8. The van der Waals surface area contributed by atoms with Crippen LogP contribution in [0.25, 0.3) is 0 Å². The fourth-order valence-corrected chi connectivity index (χ4v) is 6.45. The van der Waals surface area contributed by atoms with Crippen molar-refractivity contribution in [2.75, 3.05) is 4.57 Å². The van der Waals surface area contributed by atoms with Gasteiger partial charge in [-0.1, -0.05) is 61.6 Å². The molecule has 1 atom stereocenters. The molecule has 3 aromatic rings. The second-order valence-corrected chi connectivity index (χ2v) is 19.5. The Morgan fingerprint density at radius 2 is 1.56 bits per heavy atom. The van der Waals surface area contributed by atoms with Crippen molar-refractivity contribution in [2.45, 2.75) is 45.4 Å². The van der Waals surface area contributed by atoms with Gasteiger partial charge in [-0.05, 0) is 55.5 Å². The first-order chi connectivity index (χ1) is 15.0. The number of hydrogen-bond acceptors (Lipinski definition) is 3. The average Bonchev–Trinajstić information content (AvgIpc) is 2.73. The summed E-state index contributed by atoms with van der Waals surface area (Å²) in [6, 6.07) is 19.4. The molecule has 1 heterocycles. The van der Waals surface area contributed by atoms with E-state index in [0.717, 1.165) is 16.8 Å². The molecule has 0 bridgehead atoms. The molecule has 0 N–H and O–H groups in total. The molecule has 0 spiro atoms. The van der Waals surface area contributed by atoms with E-state index in [2.05, 4.69) is 56.4 Å². The zero-order valence-electron chi connectivity index (χ0n) is 19.6. The lowest BCUT2D eigenvalue weighted by atomic mass is 9.99. The van der Waals surface area contributed by atoms with Crippen molar-refractivity contribution in [3.63, 3.8) is 0 Å². The molecule has 0 aliphatic carbocycles. The van der Waals surface area contributed by atoms with E-state index in [-0.39, 0.29) is 12.0 Å². The number of carbonyl (C=O) groups is 1. The van der Waals surface area contributed by atoms with Gasteiger partial charge in [0.15, 0.2) is 16.6 Å². The van der Waals surface area contributed by atoms with Gasteiger partial charge >= 0.3 is 0 Å². The third-order valence-electron chi connectivity index (χ3n) is 4.89. The Hall–Kier alpha value is -2.26.